The molecule has 0 aliphatic carbocycles. The van der Waals surface area contributed by atoms with Gasteiger partial charge in [0.05, 0.1) is 13.7 Å². The first-order chi connectivity index (χ1) is 17.0. The van der Waals surface area contributed by atoms with E-state index in [4.69, 9.17) is 18.9 Å². The van der Waals surface area contributed by atoms with Crippen molar-refractivity contribution >= 4 is 23.7 Å². The zero-order valence-corrected chi connectivity index (χ0v) is 19.4. The van der Waals surface area contributed by atoms with Crippen molar-refractivity contribution in [3.8, 4) is 17.2 Å². The maximum Gasteiger partial charge on any atom is 0.513 e. The van der Waals surface area contributed by atoms with Crippen molar-refractivity contribution in [3.63, 3.8) is 0 Å². The first-order valence-corrected chi connectivity index (χ1v) is 10.9. The molecule has 3 rings (SSSR count). The van der Waals surface area contributed by atoms with Gasteiger partial charge in [0.2, 0.25) is 0 Å². The highest BCUT2D eigenvalue weighted by Crippen LogP contribution is 2.25. The van der Waals surface area contributed by atoms with Gasteiger partial charge in [0, 0.05) is 17.8 Å². The number of amides is 2. The van der Waals surface area contributed by atoms with E-state index in [-0.39, 0.29) is 37.3 Å². The lowest BCUT2D eigenvalue weighted by Crippen LogP contribution is -2.29. The summed E-state index contributed by atoms with van der Waals surface area (Å²) < 4.78 is 20.4. The number of hydrogen-bond acceptors (Lipinski definition) is 7. The third-order valence-corrected chi connectivity index (χ3v) is 4.75. The van der Waals surface area contributed by atoms with Gasteiger partial charge < -0.3 is 29.6 Å². The van der Waals surface area contributed by atoms with Crippen LogP contribution in [0.3, 0.4) is 0 Å². The van der Waals surface area contributed by atoms with Gasteiger partial charge in [-0.1, -0.05) is 30.3 Å². The molecule has 0 unspecified atom stereocenters. The van der Waals surface area contributed by atoms with Crippen LogP contribution in [0.1, 0.15) is 22.8 Å². The Morgan fingerprint density at radius 1 is 0.857 bits per heavy atom. The molecule has 0 aliphatic rings. The fourth-order valence-electron chi connectivity index (χ4n) is 3.03. The molecule has 0 radical (unpaired) electrons. The molecular weight excluding hydrogens is 452 g/mol. The van der Waals surface area contributed by atoms with E-state index >= 15 is 0 Å². The summed E-state index contributed by atoms with van der Waals surface area (Å²) >= 11 is 0. The molecule has 35 heavy (non-hydrogen) atoms. The van der Waals surface area contributed by atoms with Gasteiger partial charge in [-0.25, -0.2) is 4.79 Å². The van der Waals surface area contributed by atoms with E-state index in [1.165, 1.54) is 31.4 Å². The molecule has 9 nitrogen and oxygen atoms in total. The van der Waals surface area contributed by atoms with Crippen molar-refractivity contribution in [1.82, 2.24) is 5.32 Å². The zero-order chi connectivity index (χ0) is 25.0. The van der Waals surface area contributed by atoms with Gasteiger partial charge in [0.15, 0.2) is 18.1 Å². The lowest BCUT2D eigenvalue weighted by molar-refractivity contribution is -0.123. The van der Waals surface area contributed by atoms with E-state index in [0.29, 0.717) is 28.3 Å². The molecule has 0 saturated carbocycles. The van der Waals surface area contributed by atoms with Crippen molar-refractivity contribution in [2.24, 2.45) is 0 Å². The molecule has 0 bridgehead atoms. The molecule has 3 aromatic rings. The number of para-hydroxylation sites is 3. The van der Waals surface area contributed by atoms with Crippen molar-refractivity contribution < 1.29 is 33.3 Å². The van der Waals surface area contributed by atoms with Gasteiger partial charge in [-0.2, -0.15) is 0 Å². The summed E-state index contributed by atoms with van der Waals surface area (Å²) in [6.45, 7) is 1.88. The van der Waals surface area contributed by atoms with E-state index in [0.717, 1.165) is 0 Å². The molecule has 0 aromatic heterocycles. The lowest BCUT2D eigenvalue weighted by Gasteiger charge is -2.13. The number of carbonyl (C=O) groups is 3. The molecule has 0 spiro atoms. The highest BCUT2D eigenvalue weighted by molar-refractivity contribution is 6.04. The Balaban J connectivity index is 1.55. The summed E-state index contributed by atoms with van der Waals surface area (Å²) in [6.07, 6.45) is -0.811. The highest BCUT2D eigenvalue weighted by Gasteiger charge is 2.12. The molecule has 182 valence electrons. The fourth-order valence-corrected chi connectivity index (χ4v) is 3.03. The van der Waals surface area contributed by atoms with Crippen LogP contribution in [-0.4, -0.2) is 38.3 Å². The number of rotatable bonds is 10. The second-order valence-corrected chi connectivity index (χ2v) is 7.14. The average molecular weight is 479 g/mol. The monoisotopic (exact) mass is 478 g/mol. The summed E-state index contributed by atoms with van der Waals surface area (Å²) in [7, 11) is 1.53. The maximum atomic E-state index is 12.7. The Hall–Kier alpha value is -4.53. The smallest absolute Gasteiger partial charge is 0.493 e. The summed E-state index contributed by atoms with van der Waals surface area (Å²) in [5, 5.41) is 5.61. The van der Waals surface area contributed by atoms with Gasteiger partial charge in [0.25, 0.3) is 11.8 Å². The topological polar surface area (TPSA) is 112 Å². The number of carbonyl (C=O) groups excluding carboxylic acids is 3. The van der Waals surface area contributed by atoms with Crippen LogP contribution in [0.15, 0.2) is 72.8 Å². The van der Waals surface area contributed by atoms with Crippen LogP contribution >= 0.6 is 0 Å². The molecule has 3 aromatic carbocycles. The Labute approximate surface area is 203 Å². The van der Waals surface area contributed by atoms with Gasteiger partial charge in [-0.3, -0.25) is 9.59 Å². The lowest BCUT2D eigenvalue weighted by atomic mass is 10.1. The number of benzene rings is 3. The molecule has 2 amide bonds. The van der Waals surface area contributed by atoms with Crippen LogP contribution in [0, 0.1) is 0 Å². The third kappa shape index (κ3) is 7.50. The van der Waals surface area contributed by atoms with E-state index in [1.54, 1.807) is 43.3 Å². The maximum absolute atomic E-state index is 12.7. The molecule has 0 heterocycles. The summed E-state index contributed by atoms with van der Waals surface area (Å²) in [5.41, 5.74) is 1.63. The number of methoxy groups -OCH3 is 1. The first-order valence-electron chi connectivity index (χ1n) is 10.9. The Kier molecular flexibility index (Phi) is 9.07. The summed E-state index contributed by atoms with van der Waals surface area (Å²) in [5.74, 6) is 0.587. The largest absolute Gasteiger partial charge is 0.513 e. The van der Waals surface area contributed by atoms with Crippen molar-refractivity contribution in [3.05, 3.63) is 83.9 Å². The van der Waals surface area contributed by atoms with Gasteiger partial charge in [0.1, 0.15) is 5.75 Å². The van der Waals surface area contributed by atoms with E-state index in [2.05, 4.69) is 10.6 Å². The Morgan fingerprint density at radius 3 is 2.26 bits per heavy atom. The standard InChI is InChI=1S/C26H26N2O7/c1-3-33-26(31)35-20-14-12-18(13-15-20)25(30)28-21-9-5-4-8-19(21)16-27-24(29)17-34-23-11-7-6-10-22(23)32-2/h4-15H,3,16-17H2,1-2H3,(H,27,29)(H,28,30). The fraction of sp³-hybridized carbons (Fsp3) is 0.192. The zero-order valence-electron chi connectivity index (χ0n) is 19.4. The van der Waals surface area contributed by atoms with Crippen LogP contribution in [0.5, 0.6) is 17.2 Å². The molecule has 0 aliphatic heterocycles. The molecule has 9 heteroatoms. The number of nitrogens with one attached hydrogen (secondary N) is 2. The normalized spacial score (nSPS) is 10.1. The second-order valence-electron chi connectivity index (χ2n) is 7.14. The minimum Gasteiger partial charge on any atom is -0.493 e. The van der Waals surface area contributed by atoms with Gasteiger partial charge in [-0.05, 0) is 55.0 Å². The van der Waals surface area contributed by atoms with Crippen LogP contribution in [0.4, 0.5) is 10.5 Å². The van der Waals surface area contributed by atoms with Crippen LogP contribution in [0.2, 0.25) is 0 Å². The van der Waals surface area contributed by atoms with Crippen LogP contribution < -0.4 is 24.8 Å². The SMILES string of the molecule is CCOC(=O)Oc1ccc(C(=O)Nc2ccccc2CNC(=O)COc2ccccc2OC)cc1. The minimum atomic E-state index is -0.811. The molecule has 0 fully saturated rings. The molecule has 0 atom stereocenters. The van der Waals surface area contributed by atoms with Crippen LogP contribution in [-0.2, 0) is 16.1 Å². The van der Waals surface area contributed by atoms with Crippen molar-refractivity contribution in [2.75, 3.05) is 25.6 Å². The van der Waals surface area contributed by atoms with Gasteiger partial charge in [-0.15, -0.1) is 0 Å². The van der Waals surface area contributed by atoms with E-state index in [9.17, 15) is 14.4 Å². The minimum absolute atomic E-state index is 0.185. The summed E-state index contributed by atoms with van der Waals surface area (Å²) in [6, 6.07) is 20.2. The van der Waals surface area contributed by atoms with Gasteiger partial charge >= 0.3 is 6.16 Å². The van der Waals surface area contributed by atoms with Crippen molar-refractivity contribution in [2.45, 2.75) is 13.5 Å². The molecular formula is C26H26N2O7. The number of anilines is 1. The van der Waals surface area contributed by atoms with E-state index < -0.39 is 6.16 Å². The quantitative estimate of drug-likeness (QED) is 0.332. The predicted molar refractivity (Wildman–Crippen MR) is 129 cm³/mol. The van der Waals surface area contributed by atoms with Crippen LogP contribution in [0.25, 0.3) is 0 Å². The predicted octanol–water partition coefficient (Wildman–Crippen LogP) is 4.18. The number of ether oxygens (including phenoxy) is 4. The average Bonchev–Trinajstić information content (AvgIpc) is 2.87. The third-order valence-electron chi connectivity index (χ3n) is 4.75. The summed E-state index contributed by atoms with van der Waals surface area (Å²) in [4.78, 5) is 36.4. The Morgan fingerprint density at radius 2 is 1.54 bits per heavy atom. The van der Waals surface area contributed by atoms with Crippen molar-refractivity contribution in [1.29, 1.82) is 0 Å². The Bertz CT molecular complexity index is 1160. The highest BCUT2D eigenvalue weighted by atomic mass is 16.7. The first kappa shape index (κ1) is 25.1. The molecule has 0 saturated heterocycles. The van der Waals surface area contributed by atoms with E-state index in [1.807, 2.05) is 12.1 Å². The number of hydrogen-bond donors (Lipinski definition) is 2. The molecule has 2 N–H and O–H groups in total. The second kappa shape index (κ2) is 12.6.